The van der Waals surface area contributed by atoms with Gasteiger partial charge in [-0.05, 0) is 66.0 Å². The average Bonchev–Trinajstić information content (AvgIpc) is 2.89. The van der Waals surface area contributed by atoms with E-state index in [1.165, 1.54) is 12.1 Å². The summed E-state index contributed by atoms with van der Waals surface area (Å²) in [5, 5.41) is 24.2. The van der Waals surface area contributed by atoms with Gasteiger partial charge in [-0.25, -0.2) is 0 Å². The Hall–Kier alpha value is -3.93. The first kappa shape index (κ1) is 33.0. The Morgan fingerprint density at radius 2 is 1.09 bits per heavy atom. The molecule has 5 N–H and O–H groups in total. The number of phenolic OH excluding ortho intramolecular Hbond substituents is 1. The molecule has 0 saturated heterocycles. The van der Waals surface area contributed by atoms with Gasteiger partial charge in [-0.3, -0.25) is 18.2 Å². The van der Waals surface area contributed by atoms with E-state index < -0.39 is 82.2 Å². The molecule has 0 saturated carbocycles. The molecule has 0 aliphatic rings. The van der Waals surface area contributed by atoms with Gasteiger partial charge < -0.3 is 5.11 Å². The highest BCUT2D eigenvalue weighted by Crippen LogP contribution is 2.45. The van der Waals surface area contributed by atoms with Gasteiger partial charge in [0, 0.05) is 5.39 Å². The molecular weight excluding hydrogens is 692 g/mol. The van der Waals surface area contributed by atoms with Crippen molar-refractivity contribution in [2.75, 3.05) is 0 Å². The van der Waals surface area contributed by atoms with Gasteiger partial charge >= 0.3 is 0 Å². The third-order valence-corrected chi connectivity index (χ3v) is 9.29. The van der Waals surface area contributed by atoms with Gasteiger partial charge in [0.05, 0.1) is 26.2 Å². The van der Waals surface area contributed by atoms with E-state index in [0.717, 1.165) is 42.5 Å². The Bertz CT molecular complexity index is 2340. The van der Waals surface area contributed by atoms with E-state index in [0.29, 0.717) is 6.07 Å². The third-order valence-electron chi connectivity index (χ3n) is 5.55. The first-order valence-corrected chi connectivity index (χ1v) is 17.3. The SMILES string of the molecule is O=S(=O)(O)c1ccc(/N=N/c2ccc(/N=N/c3c(S(=O)(=O)O)cc4cc(S(=O)(=O)O)cc(Cl)c4c3O)c(S(=O)(=O)O)c2)cc1. The van der Waals surface area contributed by atoms with Crippen LogP contribution >= 0.6 is 11.6 Å². The number of halogens is 1. The summed E-state index contributed by atoms with van der Waals surface area (Å²) < 4.78 is 132. The van der Waals surface area contributed by atoms with Crippen molar-refractivity contribution in [1.29, 1.82) is 0 Å². The molecule has 4 rings (SSSR count). The maximum Gasteiger partial charge on any atom is 0.296 e. The lowest BCUT2D eigenvalue weighted by Gasteiger charge is -2.11. The minimum atomic E-state index is -5.21. The number of hydrogen-bond acceptors (Lipinski definition) is 13. The van der Waals surface area contributed by atoms with Crippen molar-refractivity contribution in [2.24, 2.45) is 20.5 Å². The van der Waals surface area contributed by atoms with E-state index in [9.17, 15) is 52.4 Å². The first-order valence-electron chi connectivity index (χ1n) is 11.1. The van der Waals surface area contributed by atoms with Crippen molar-refractivity contribution in [2.45, 2.75) is 19.6 Å². The molecule has 0 unspecified atom stereocenters. The molecule has 0 aliphatic heterocycles. The number of azo groups is 2. The molecular formula is C22H15ClN4O13S4. The van der Waals surface area contributed by atoms with Crippen LogP contribution in [0.25, 0.3) is 10.8 Å². The van der Waals surface area contributed by atoms with Crippen LogP contribution in [0.1, 0.15) is 0 Å². The summed E-state index contributed by atoms with van der Waals surface area (Å²) in [7, 11) is -19.6. The summed E-state index contributed by atoms with van der Waals surface area (Å²) in [4.78, 5) is -3.22. The molecule has 0 aromatic heterocycles. The van der Waals surface area contributed by atoms with Crippen molar-refractivity contribution in [3.8, 4) is 5.75 Å². The van der Waals surface area contributed by atoms with Crippen molar-refractivity contribution >= 4 is 85.6 Å². The Kier molecular flexibility index (Phi) is 8.64. The number of hydrogen-bond donors (Lipinski definition) is 5. The van der Waals surface area contributed by atoms with Crippen LogP contribution in [0.5, 0.6) is 5.75 Å². The summed E-state index contributed by atoms with van der Waals surface area (Å²) in [6, 6.07) is 9.44. The summed E-state index contributed by atoms with van der Waals surface area (Å²) >= 11 is 6.04. The second-order valence-electron chi connectivity index (χ2n) is 8.52. The van der Waals surface area contributed by atoms with Gasteiger partial charge in [0.25, 0.3) is 40.5 Å². The third kappa shape index (κ3) is 7.23. The van der Waals surface area contributed by atoms with Crippen LogP contribution in [0.3, 0.4) is 0 Å². The average molecular weight is 707 g/mol. The van der Waals surface area contributed by atoms with Gasteiger partial charge in [0.1, 0.15) is 21.2 Å². The predicted octanol–water partition coefficient (Wildman–Crippen LogP) is 5.02. The zero-order chi connectivity index (χ0) is 32.8. The van der Waals surface area contributed by atoms with Crippen molar-refractivity contribution in [1.82, 2.24) is 0 Å². The molecule has 17 nitrogen and oxygen atoms in total. The fraction of sp³-hybridized carbons (Fsp3) is 0. The van der Waals surface area contributed by atoms with Gasteiger partial charge in [-0.2, -0.15) is 43.9 Å². The van der Waals surface area contributed by atoms with E-state index >= 15 is 0 Å². The molecule has 44 heavy (non-hydrogen) atoms. The zero-order valence-electron chi connectivity index (χ0n) is 21.1. The highest BCUT2D eigenvalue weighted by Gasteiger charge is 2.25. The molecule has 0 aliphatic carbocycles. The molecule has 22 heteroatoms. The molecule has 0 radical (unpaired) electrons. The number of fused-ring (bicyclic) bond motifs is 1. The topological polar surface area (TPSA) is 287 Å². The van der Waals surface area contributed by atoms with E-state index in [1.807, 2.05) is 0 Å². The quantitative estimate of drug-likeness (QED) is 0.119. The maximum absolute atomic E-state index is 12.1. The van der Waals surface area contributed by atoms with Crippen LogP contribution in [0.15, 0.2) is 101 Å². The zero-order valence-corrected chi connectivity index (χ0v) is 25.1. The Labute approximate surface area is 253 Å². The normalized spacial score (nSPS) is 13.3. The Balaban J connectivity index is 1.82. The van der Waals surface area contributed by atoms with Crippen LogP contribution in [-0.4, -0.2) is 57.0 Å². The van der Waals surface area contributed by atoms with Crippen LogP contribution < -0.4 is 0 Å². The van der Waals surface area contributed by atoms with Crippen LogP contribution in [-0.2, 0) is 40.5 Å². The Morgan fingerprint density at radius 1 is 0.545 bits per heavy atom. The van der Waals surface area contributed by atoms with Crippen molar-refractivity contribution in [3.63, 3.8) is 0 Å². The fourth-order valence-corrected chi connectivity index (χ4v) is 6.32. The molecule has 0 fully saturated rings. The highest BCUT2D eigenvalue weighted by molar-refractivity contribution is 7.86. The second-order valence-corrected chi connectivity index (χ2v) is 14.6. The Morgan fingerprint density at radius 3 is 1.64 bits per heavy atom. The van der Waals surface area contributed by atoms with Crippen molar-refractivity contribution in [3.05, 3.63) is 65.7 Å². The largest absolute Gasteiger partial charge is 0.505 e. The highest BCUT2D eigenvalue weighted by atomic mass is 35.5. The molecule has 232 valence electrons. The van der Waals surface area contributed by atoms with Crippen LogP contribution in [0.4, 0.5) is 22.7 Å². The lowest BCUT2D eigenvalue weighted by atomic mass is 10.1. The van der Waals surface area contributed by atoms with E-state index in [2.05, 4.69) is 20.5 Å². The van der Waals surface area contributed by atoms with Gasteiger partial charge in [-0.15, -0.1) is 10.2 Å². The van der Waals surface area contributed by atoms with Gasteiger partial charge in [0.2, 0.25) is 0 Å². The molecule has 0 heterocycles. The van der Waals surface area contributed by atoms with Gasteiger partial charge in [0.15, 0.2) is 5.75 Å². The summed E-state index contributed by atoms with van der Waals surface area (Å²) in [5.41, 5.74) is -1.66. The number of phenols is 1. The molecule has 0 atom stereocenters. The van der Waals surface area contributed by atoms with Crippen LogP contribution in [0.2, 0.25) is 5.02 Å². The molecule has 4 aromatic rings. The number of aromatic hydroxyl groups is 1. The number of benzene rings is 4. The fourth-order valence-electron chi connectivity index (χ4n) is 3.61. The number of rotatable bonds is 8. The first-order chi connectivity index (χ1) is 20.2. The minimum absolute atomic E-state index is 0.0847. The van der Waals surface area contributed by atoms with E-state index in [4.69, 9.17) is 16.2 Å². The molecule has 0 bridgehead atoms. The smallest absolute Gasteiger partial charge is 0.296 e. The number of nitrogens with zero attached hydrogens (tertiary/aromatic N) is 4. The molecule has 4 aromatic carbocycles. The van der Waals surface area contributed by atoms with Crippen molar-refractivity contribution < 1.29 is 57.0 Å². The summed E-state index contributed by atoms with van der Waals surface area (Å²) in [6.45, 7) is 0. The minimum Gasteiger partial charge on any atom is -0.505 e. The standard InChI is InChI=1S/C22H15ClN4O13S4/c23-16-10-15(42(32,33)34)7-11-8-19(44(38,39)40)21(22(28)20(11)16)27-26-17-6-3-13(9-18(17)43(35,36)37)25-24-12-1-4-14(5-2-12)41(29,30)31/h1-10,28H,(H,29,30,31)(H,32,33,34)(H,35,36,37)(H,38,39,40)/b25-24+,27-26+. The lowest BCUT2D eigenvalue weighted by molar-refractivity contribution is 0.471. The van der Waals surface area contributed by atoms with Crippen LogP contribution in [0, 0.1) is 0 Å². The lowest BCUT2D eigenvalue weighted by Crippen LogP contribution is -2.01. The molecule has 0 spiro atoms. The summed E-state index contributed by atoms with van der Waals surface area (Å²) in [6.07, 6.45) is 0. The predicted molar refractivity (Wildman–Crippen MR) is 151 cm³/mol. The maximum atomic E-state index is 12.1. The monoisotopic (exact) mass is 706 g/mol. The molecule has 0 amide bonds. The summed E-state index contributed by atoms with van der Waals surface area (Å²) in [5.74, 6) is -1.04. The van der Waals surface area contributed by atoms with Gasteiger partial charge in [-0.1, -0.05) is 11.6 Å². The van der Waals surface area contributed by atoms with E-state index in [-0.39, 0.29) is 22.1 Å². The second kappa shape index (κ2) is 11.5. The van der Waals surface area contributed by atoms with E-state index in [1.54, 1.807) is 0 Å².